The summed E-state index contributed by atoms with van der Waals surface area (Å²) in [6.45, 7) is -4.53. The van der Waals surface area contributed by atoms with Crippen LogP contribution in [0.2, 0.25) is 0 Å². The van der Waals surface area contributed by atoms with E-state index in [4.69, 9.17) is 76.2 Å². The van der Waals surface area contributed by atoms with Crippen LogP contribution in [0.25, 0.3) is 55.8 Å². The van der Waals surface area contributed by atoms with Gasteiger partial charge in [0.25, 0.3) is 0 Å². The molecule has 10 aromatic rings. The number of imidazole rings is 5. The van der Waals surface area contributed by atoms with Crippen LogP contribution in [0.3, 0.4) is 0 Å². The maximum Gasteiger partial charge on any atom is 0.403 e. The first kappa shape index (κ1) is 73.3. The first-order valence-electron chi connectivity index (χ1n) is 31.6. The van der Waals surface area contributed by atoms with E-state index in [0.717, 1.165) is 48.9 Å². The molecule has 15 heterocycles. The summed E-state index contributed by atoms with van der Waals surface area (Å²) in [6, 6.07) is -7.81. The number of rotatable bonds is 26. The van der Waals surface area contributed by atoms with Crippen LogP contribution in [-0.2, 0) is 60.0 Å². The van der Waals surface area contributed by atoms with E-state index < -0.39 is 180 Å². The van der Waals surface area contributed by atoms with Crippen molar-refractivity contribution in [3.05, 3.63) is 63.3 Å². The molecule has 4 unspecified atom stereocenters. The van der Waals surface area contributed by atoms with E-state index in [1.54, 1.807) is 0 Å². The second-order valence-electron chi connectivity index (χ2n) is 24.7. The summed E-state index contributed by atoms with van der Waals surface area (Å²) in [5.74, 6) is -0.167. The van der Waals surface area contributed by atoms with Crippen molar-refractivity contribution in [2.24, 2.45) is 5.73 Å². The van der Waals surface area contributed by atoms with Gasteiger partial charge in [-0.05, 0) is 0 Å². The number of fused-ring (bicyclic) bond motifs is 5. The van der Waals surface area contributed by atoms with E-state index in [1.807, 2.05) is 0 Å². The molecule has 15 rings (SSSR count). The van der Waals surface area contributed by atoms with E-state index in [2.05, 4.69) is 95.1 Å². The number of nitrogens with one attached hydrogen (secondary N) is 4. The van der Waals surface area contributed by atoms with Gasteiger partial charge in [-0.25, -0.2) is 113 Å². The van der Waals surface area contributed by atoms with Gasteiger partial charge < -0.3 is 103 Å². The number of hydrogen-bond donors (Lipinski definition) is 19. The Kier molecular flexibility index (Phi) is 19.6. The highest BCUT2D eigenvalue weighted by molar-refractivity contribution is 7.51. The van der Waals surface area contributed by atoms with Gasteiger partial charge in [0.2, 0.25) is 0 Å². The van der Waals surface area contributed by atoms with E-state index in [-0.39, 0.29) is 91.3 Å². The van der Waals surface area contributed by atoms with Crippen molar-refractivity contribution in [3.63, 3.8) is 0 Å². The van der Waals surface area contributed by atoms with Gasteiger partial charge >= 0.3 is 31.0 Å². The van der Waals surface area contributed by atoms with E-state index in [0.29, 0.717) is 0 Å². The standard InChI is InChI=1S/C50H66N30O22P4/c51-24-19(99-47(33(24)82)77-13-68-29-38(53)58-8-63-43(29)77)3-94-104(88,89)73-26-21(101-49(35(26)84)79-15-70-31-40(55)60-10-65-45(31)79)5-96-106(92,93)75-27-22(102-50(36(27)85)80-16-71-32-41(56)61-11-66-46(32)80)6-97-105(90,91)74-25-20(100-48(34(25)83)78-14-69-30-39(54)59-9-64-44(30)78)4-95-103(86,87)72-17-1-23(98-18(17)2-81)76-12-67-28-37(52)57-7-62-42(28)76/h7-27,33-36,47-50,81-85H,1-6,51H2,(H2,52,57,62)(H2,53,58,63)(H2,54,59,64)(H2,55,60,65)(H2,56,61,66)(H2,72,86,87)(H2,73,88,89)(H2,74,90,91)(H2,75,92,93)/t17-,18+,19+,20+,21+,22+,23+,24+,25+,26+,27+,33+,34+,35+,36+,47+,48+,49+,50+/m0/s1. The first-order chi connectivity index (χ1) is 50.5. The Balaban J connectivity index is 0.658. The normalized spacial score (nSPS) is 31.5. The van der Waals surface area contributed by atoms with Crippen molar-refractivity contribution in [3.8, 4) is 0 Å². The maximum atomic E-state index is 14.6. The fourth-order valence-corrected chi connectivity index (χ4v) is 17.6. The molecule has 0 amide bonds. The fraction of sp³-hybridized carbons (Fsp3) is 0.500. The monoisotopic (exact) mass is 1560 g/mol. The van der Waals surface area contributed by atoms with Crippen molar-refractivity contribution >= 4 is 116 Å². The molecule has 25 N–H and O–H groups in total. The van der Waals surface area contributed by atoms with Gasteiger partial charge in [-0.1, -0.05) is 0 Å². The number of hydrogen-bond acceptors (Lipinski definition) is 39. The average molecular weight is 1560 g/mol. The molecule has 52 nitrogen and oxygen atoms in total. The van der Waals surface area contributed by atoms with Crippen molar-refractivity contribution in [2.45, 2.75) is 123 Å². The predicted octanol–water partition coefficient (Wildman–Crippen LogP) is -5.96. The second kappa shape index (κ2) is 28.4. The van der Waals surface area contributed by atoms with Crippen molar-refractivity contribution in [2.75, 3.05) is 61.7 Å². The zero-order valence-corrected chi connectivity index (χ0v) is 57.6. The third-order valence-corrected chi connectivity index (χ3v) is 22.8. The second-order valence-corrected chi connectivity index (χ2v) is 31.0. The first-order valence-corrected chi connectivity index (χ1v) is 37.9. The molecule has 0 spiro atoms. The summed E-state index contributed by atoms with van der Waals surface area (Å²) in [4.78, 5) is 108. The number of aliphatic hydroxyl groups excluding tert-OH is 5. The molecule has 5 aliphatic rings. The Morgan fingerprint density at radius 3 is 0.981 bits per heavy atom. The molecule has 106 heavy (non-hydrogen) atoms. The van der Waals surface area contributed by atoms with Gasteiger partial charge in [-0.15, -0.1) is 0 Å². The molecular formula is C50H66N30O22P4. The highest BCUT2D eigenvalue weighted by Gasteiger charge is 2.54. The number of nitrogens with zero attached hydrogens (tertiary/aromatic N) is 20. The minimum absolute atomic E-state index is 0.00101. The molecule has 0 bridgehead atoms. The zero-order valence-electron chi connectivity index (χ0n) is 54.0. The Hall–Kier alpha value is -8.25. The molecule has 10 aromatic heterocycles. The van der Waals surface area contributed by atoms with Crippen LogP contribution in [0, 0.1) is 0 Å². The molecule has 0 saturated carbocycles. The van der Waals surface area contributed by atoms with Gasteiger partial charge in [-0.3, -0.25) is 40.9 Å². The summed E-state index contributed by atoms with van der Waals surface area (Å²) in [5, 5.41) is 67.2. The van der Waals surface area contributed by atoms with Crippen LogP contribution in [0.4, 0.5) is 29.1 Å². The molecule has 56 heteroatoms. The predicted molar refractivity (Wildman–Crippen MR) is 353 cm³/mol. The van der Waals surface area contributed by atoms with Crippen LogP contribution in [0.5, 0.6) is 0 Å². The van der Waals surface area contributed by atoms with Gasteiger partial charge in [0.05, 0.1) is 101 Å². The summed E-state index contributed by atoms with van der Waals surface area (Å²) in [7, 11) is -21.1. The number of anilines is 5. The summed E-state index contributed by atoms with van der Waals surface area (Å²) >= 11 is 0. The third kappa shape index (κ3) is 13.9. The number of aliphatic hydroxyl groups is 5. The molecule has 0 radical (unpaired) electrons. The van der Waals surface area contributed by atoms with Crippen LogP contribution < -0.4 is 54.8 Å². The maximum absolute atomic E-state index is 14.6. The molecule has 0 aliphatic carbocycles. The number of nitrogens with two attached hydrogens (primary N) is 6. The zero-order chi connectivity index (χ0) is 74.6. The van der Waals surface area contributed by atoms with Gasteiger partial charge in [-0.2, -0.15) is 0 Å². The van der Waals surface area contributed by atoms with Crippen molar-refractivity contribution in [1.82, 2.24) is 118 Å². The lowest BCUT2D eigenvalue weighted by Crippen LogP contribution is -2.47. The highest BCUT2D eigenvalue weighted by atomic mass is 31.2. The Morgan fingerprint density at radius 2 is 0.660 bits per heavy atom. The lowest BCUT2D eigenvalue weighted by atomic mass is 10.1. The Labute approximate surface area is 590 Å². The van der Waals surface area contributed by atoms with E-state index in [9.17, 15) is 63.4 Å². The number of ether oxygens (including phenoxy) is 5. The van der Waals surface area contributed by atoms with E-state index in [1.165, 1.54) is 37.3 Å². The van der Waals surface area contributed by atoms with Crippen molar-refractivity contribution in [1.29, 1.82) is 0 Å². The molecule has 23 atom stereocenters. The summed E-state index contributed by atoms with van der Waals surface area (Å²) in [6.07, 6.45) is -10.3. The Bertz CT molecular complexity index is 5140. The number of nitrogen functional groups attached to an aromatic ring is 5. The van der Waals surface area contributed by atoms with Gasteiger partial charge in [0, 0.05) is 6.42 Å². The minimum atomic E-state index is -5.47. The largest absolute Gasteiger partial charge is 0.403 e. The van der Waals surface area contributed by atoms with Crippen molar-refractivity contribution < 1.29 is 105 Å². The summed E-state index contributed by atoms with van der Waals surface area (Å²) < 4.78 is 116. The van der Waals surface area contributed by atoms with E-state index >= 15 is 0 Å². The molecule has 0 aromatic carbocycles. The topological polar surface area (TPSA) is 756 Å². The summed E-state index contributed by atoms with van der Waals surface area (Å²) in [5.41, 5.74) is 37.4. The number of aromatic nitrogens is 20. The lowest BCUT2D eigenvalue weighted by molar-refractivity contribution is -0.0481. The Morgan fingerprint density at radius 1 is 0.387 bits per heavy atom. The fourth-order valence-electron chi connectivity index (χ4n) is 13.1. The highest BCUT2D eigenvalue weighted by Crippen LogP contribution is 2.50. The van der Waals surface area contributed by atoms with Gasteiger partial charge in [0.15, 0.2) is 82.2 Å². The smallest absolute Gasteiger partial charge is 0.394 e. The van der Waals surface area contributed by atoms with Crippen LogP contribution >= 0.6 is 31.0 Å². The van der Waals surface area contributed by atoms with Crippen LogP contribution in [0.1, 0.15) is 37.6 Å². The molecular weight excluding hydrogens is 1500 g/mol. The molecule has 5 saturated heterocycles. The van der Waals surface area contributed by atoms with Crippen LogP contribution in [0.15, 0.2) is 63.3 Å². The molecule has 568 valence electrons. The lowest BCUT2D eigenvalue weighted by Gasteiger charge is -2.28. The molecule has 5 aliphatic heterocycles. The SMILES string of the molecule is Nc1ncnc2c1ncn2[C@@H]1O[C@H](COP(=O)(O)N[C@H]2[C@@H](O)[C@H](n3cnc4c(N)ncnc43)O[C@@H]2COP(=O)(O)N[C@H]2[C@@H](O)[C@H](n3cnc4c(N)ncnc43)O[C@@H]2COP(=O)(O)N[C@H]2[C@@H](O)[C@H](n3cnc4c(N)ncnc43)O[C@@H]2COP(=O)(O)N[C@H]2C[C@H](n3cnc4c(N)ncnc43)O[C@@H]2CO)[C@@H](N)[C@H]1O. The van der Waals surface area contributed by atoms with Gasteiger partial charge in [0.1, 0.15) is 114 Å². The third-order valence-electron chi connectivity index (χ3n) is 18.2. The van der Waals surface area contributed by atoms with Crippen LogP contribution in [-0.4, -0.2) is 261 Å². The average Bonchev–Trinajstić information content (AvgIpc) is 1.66. The quantitative estimate of drug-likeness (QED) is 0.0224. The minimum Gasteiger partial charge on any atom is -0.394 e. The molecule has 5 fully saturated rings.